The molecule has 0 aliphatic carbocycles. The number of allylic oxidation sites excluding steroid dienone is 1. The van der Waals surface area contributed by atoms with E-state index < -0.39 is 33.9 Å². The van der Waals surface area contributed by atoms with Crippen LogP contribution < -0.4 is 4.74 Å². The average Bonchev–Trinajstić information content (AvgIpc) is 2.64. The summed E-state index contributed by atoms with van der Waals surface area (Å²) in [5.74, 6) is -3.56. The number of methoxy groups -OCH3 is 2. The normalized spacial score (nSPS) is 12.9. The van der Waals surface area contributed by atoms with Gasteiger partial charge in [-0.25, -0.2) is 9.18 Å². The SMILES string of the molecule is COC(=O)c1ccc(C=CC(c2cc(Cl)c(F)c(Cl)c2)C(F)(F)F)cc1OC. The Bertz CT molecular complexity index is 888. The lowest BCUT2D eigenvalue weighted by atomic mass is 9.96. The quantitative estimate of drug-likeness (QED) is 0.314. The van der Waals surface area contributed by atoms with Crippen LogP contribution in [0.5, 0.6) is 5.75 Å². The Morgan fingerprint density at radius 1 is 1.11 bits per heavy atom. The van der Waals surface area contributed by atoms with Crippen molar-refractivity contribution in [2.45, 2.75) is 12.1 Å². The molecule has 2 aromatic rings. The van der Waals surface area contributed by atoms with Crippen LogP contribution in [0.15, 0.2) is 36.4 Å². The van der Waals surface area contributed by atoms with Gasteiger partial charge in [0.05, 0.1) is 30.2 Å². The second-order valence-corrected chi connectivity index (χ2v) is 6.44. The minimum absolute atomic E-state index is 0.131. The Hall–Kier alpha value is -2.25. The van der Waals surface area contributed by atoms with Gasteiger partial charge in [0.15, 0.2) is 5.82 Å². The van der Waals surface area contributed by atoms with E-state index in [0.717, 1.165) is 18.2 Å². The number of benzene rings is 2. The van der Waals surface area contributed by atoms with Crippen LogP contribution in [-0.4, -0.2) is 26.4 Å². The van der Waals surface area contributed by atoms with Crippen molar-refractivity contribution in [3.05, 3.63) is 69.0 Å². The molecule has 0 heterocycles. The Balaban J connectivity index is 2.43. The molecule has 150 valence electrons. The smallest absolute Gasteiger partial charge is 0.399 e. The molecule has 1 atom stereocenters. The third-order valence-corrected chi connectivity index (χ3v) is 4.38. The molecule has 2 rings (SSSR count). The molecule has 0 saturated carbocycles. The van der Waals surface area contributed by atoms with E-state index >= 15 is 0 Å². The summed E-state index contributed by atoms with van der Waals surface area (Å²) in [5.41, 5.74) is 0.169. The van der Waals surface area contributed by atoms with Crippen LogP contribution in [0.3, 0.4) is 0 Å². The van der Waals surface area contributed by atoms with Gasteiger partial charge in [-0.1, -0.05) is 41.4 Å². The van der Waals surface area contributed by atoms with Crippen LogP contribution in [0.2, 0.25) is 10.0 Å². The molecule has 9 heteroatoms. The van der Waals surface area contributed by atoms with Gasteiger partial charge in [-0.3, -0.25) is 0 Å². The van der Waals surface area contributed by atoms with Crippen LogP contribution in [0.1, 0.15) is 27.4 Å². The number of alkyl halides is 3. The molecule has 0 aliphatic rings. The van der Waals surface area contributed by atoms with Crippen LogP contribution >= 0.6 is 23.2 Å². The predicted octanol–water partition coefficient (Wildman–Crippen LogP) is 6.29. The second kappa shape index (κ2) is 8.84. The largest absolute Gasteiger partial charge is 0.496 e. The number of carbonyl (C=O) groups excluding carboxylic acids is 1. The van der Waals surface area contributed by atoms with Gasteiger partial charge < -0.3 is 9.47 Å². The van der Waals surface area contributed by atoms with Crippen molar-refractivity contribution in [1.82, 2.24) is 0 Å². The Labute approximate surface area is 168 Å². The van der Waals surface area contributed by atoms with Crippen molar-refractivity contribution < 1.29 is 31.8 Å². The van der Waals surface area contributed by atoms with Gasteiger partial charge in [-0.2, -0.15) is 13.2 Å². The van der Waals surface area contributed by atoms with E-state index in [2.05, 4.69) is 4.74 Å². The number of esters is 1. The highest BCUT2D eigenvalue weighted by atomic mass is 35.5. The Morgan fingerprint density at radius 3 is 2.21 bits per heavy atom. The molecule has 0 aliphatic heterocycles. The van der Waals surface area contributed by atoms with E-state index in [1.54, 1.807) is 0 Å². The monoisotopic (exact) mass is 436 g/mol. The number of hydrogen-bond donors (Lipinski definition) is 0. The van der Waals surface area contributed by atoms with Gasteiger partial charge >= 0.3 is 12.1 Å². The van der Waals surface area contributed by atoms with Gasteiger partial charge in [-0.05, 0) is 35.4 Å². The molecule has 0 saturated heterocycles. The molecular weight excluding hydrogens is 423 g/mol. The molecule has 0 bridgehead atoms. The second-order valence-electron chi connectivity index (χ2n) is 5.63. The number of carbonyl (C=O) groups is 1. The topological polar surface area (TPSA) is 35.5 Å². The minimum Gasteiger partial charge on any atom is -0.496 e. The fourth-order valence-corrected chi connectivity index (χ4v) is 2.97. The van der Waals surface area contributed by atoms with Crippen molar-refractivity contribution in [1.29, 1.82) is 0 Å². The average molecular weight is 437 g/mol. The van der Waals surface area contributed by atoms with Crippen LogP contribution in [0.25, 0.3) is 6.08 Å². The van der Waals surface area contributed by atoms with Crippen LogP contribution in [0.4, 0.5) is 17.6 Å². The molecule has 28 heavy (non-hydrogen) atoms. The Morgan fingerprint density at radius 2 is 1.71 bits per heavy atom. The highest BCUT2D eigenvalue weighted by molar-refractivity contribution is 6.35. The maximum absolute atomic E-state index is 13.5. The minimum atomic E-state index is -4.67. The summed E-state index contributed by atoms with van der Waals surface area (Å²) in [7, 11) is 2.51. The number of ether oxygens (including phenoxy) is 2. The molecule has 3 nitrogen and oxygen atoms in total. The lowest BCUT2D eigenvalue weighted by molar-refractivity contribution is -0.139. The molecule has 0 aromatic heterocycles. The molecule has 2 aromatic carbocycles. The Kier molecular flexibility index (Phi) is 6.96. The summed E-state index contributed by atoms with van der Waals surface area (Å²) in [5, 5.41) is -1.01. The maximum Gasteiger partial charge on any atom is 0.399 e. The highest BCUT2D eigenvalue weighted by Crippen LogP contribution is 2.39. The first kappa shape index (κ1) is 22.0. The maximum atomic E-state index is 13.5. The molecule has 0 spiro atoms. The fourth-order valence-electron chi connectivity index (χ4n) is 2.46. The summed E-state index contributed by atoms with van der Waals surface area (Å²) in [6.45, 7) is 0. The zero-order valence-corrected chi connectivity index (χ0v) is 16.1. The third kappa shape index (κ3) is 4.97. The molecule has 0 radical (unpaired) electrons. The summed E-state index contributed by atoms with van der Waals surface area (Å²) in [6.07, 6.45) is -2.59. The first-order chi connectivity index (χ1) is 13.1. The van der Waals surface area contributed by atoms with E-state index in [1.165, 1.54) is 38.5 Å². The van der Waals surface area contributed by atoms with Gasteiger partial charge in [-0.15, -0.1) is 0 Å². The van der Waals surface area contributed by atoms with E-state index in [-0.39, 0.29) is 16.9 Å². The first-order valence-electron chi connectivity index (χ1n) is 7.74. The molecule has 0 fully saturated rings. The number of hydrogen-bond acceptors (Lipinski definition) is 3. The van der Waals surface area contributed by atoms with Gasteiger partial charge in [0.25, 0.3) is 0 Å². The lowest BCUT2D eigenvalue weighted by Gasteiger charge is -2.18. The predicted molar refractivity (Wildman–Crippen MR) is 98.6 cm³/mol. The zero-order chi connectivity index (χ0) is 21.1. The van der Waals surface area contributed by atoms with Crippen molar-refractivity contribution in [3.63, 3.8) is 0 Å². The van der Waals surface area contributed by atoms with Gasteiger partial charge in [0.1, 0.15) is 11.3 Å². The van der Waals surface area contributed by atoms with Crippen LogP contribution in [-0.2, 0) is 4.74 Å². The van der Waals surface area contributed by atoms with E-state index in [0.29, 0.717) is 5.56 Å². The highest BCUT2D eigenvalue weighted by Gasteiger charge is 2.39. The van der Waals surface area contributed by atoms with Gasteiger partial charge in [0, 0.05) is 0 Å². The van der Waals surface area contributed by atoms with E-state index in [9.17, 15) is 22.4 Å². The molecular formula is C19H14Cl2F4O3. The van der Waals surface area contributed by atoms with E-state index in [1.807, 2.05) is 0 Å². The fraction of sp³-hybridized carbons (Fsp3) is 0.211. The van der Waals surface area contributed by atoms with Crippen molar-refractivity contribution in [2.24, 2.45) is 0 Å². The van der Waals surface area contributed by atoms with Crippen LogP contribution in [0, 0.1) is 5.82 Å². The van der Waals surface area contributed by atoms with E-state index in [4.69, 9.17) is 27.9 Å². The summed E-state index contributed by atoms with van der Waals surface area (Å²) < 4.78 is 63.8. The summed E-state index contributed by atoms with van der Waals surface area (Å²) in [4.78, 5) is 11.7. The molecule has 1 unspecified atom stereocenters. The first-order valence-corrected chi connectivity index (χ1v) is 8.49. The van der Waals surface area contributed by atoms with Crippen molar-refractivity contribution in [3.8, 4) is 5.75 Å². The number of rotatable bonds is 5. The lowest BCUT2D eigenvalue weighted by Crippen LogP contribution is -2.19. The number of halogens is 6. The summed E-state index contributed by atoms with van der Waals surface area (Å²) in [6, 6.07) is 5.96. The summed E-state index contributed by atoms with van der Waals surface area (Å²) >= 11 is 11.2. The van der Waals surface area contributed by atoms with Gasteiger partial charge in [0.2, 0.25) is 0 Å². The third-order valence-electron chi connectivity index (χ3n) is 3.83. The molecule has 0 N–H and O–H groups in total. The zero-order valence-electron chi connectivity index (χ0n) is 14.6. The van der Waals surface area contributed by atoms with Crippen molar-refractivity contribution in [2.75, 3.05) is 14.2 Å². The standard InChI is InChI=1S/C19H14Cl2F4O3/c1-27-16-7-10(3-5-12(16)18(26)28-2)4-6-13(19(23,24)25)11-8-14(20)17(22)15(21)9-11/h3-9,13H,1-2H3. The van der Waals surface area contributed by atoms with Crippen molar-refractivity contribution >= 4 is 35.2 Å². The molecule has 0 amide bonds.